The van der Waals surface area contributed by atoms with E-state index in [1.165, 1.54) is 12.1 Å². The minimum Gasteiger partial charge on any atom is -0.478 e. The molecular formula is C14H16ClNO3. The Labute approximate surface area is 116 Å². The molecule has 2 N–H and O–H groups in total. The van der Waals surface area contributed by atoms with Gasteiger partial charge in [-0.15, -0.1) is 0 Å². The van der Waals surface area contributed by atoms with Crippen LogP contribution in [0.4, 0.5) is 5.69 Å². The lowest BCUT2D eigenvalue weighted by molar-refractivity contribution is -0.120. The molecule has 0 aliphatic heterocycles. The summed E-state index contributed by atoms with van der Waals surface area (Å²) in [5.41, 5.74) is 0.510. The van der Waals surface area contributed by atoms with Crippen LogP contribution in [0.25, 0.3) is 0 Å². The Balaban J connectivity index is 2.14. The van der Waals surface area contributed by atoms with Gasteiger partial charge in [0.25, 0.3) is 0 Å². The standard InChI is InChI=1S/C14H16ClNO3/c1-8-3-2-4-12(8)13(17)16-11-6-9(14(18)19)5-10(15)7-11/h5-8,12H,2-4H2,1H3,(H,16,17)(H,18,19). The Morgan fingerprint density at radius 2 is 2.05 bits per heavy atom. The van der Waals surface area contributed by atoms with Gasteiger partial charge in [0, 0.05) is 16.6 Å². The number of halogens is 1. The first-order chi connectivity index (χ1) is 8.97. The van der Waals surface area contributed by atoms with Crippen molar-refractivity contribution in [2.24, 2.45) is 11.8 Å². The molecule has 1 aromatic rings. The minimum absolute atomic E-state index is 0.00672. The summed E-state index contributed by atoms with van der Waals surface area (Å²) >= 11 is 5.85. The fraction of sp³-hybridized carbons (Fsp3) is 0.429. The Bertz CT molecular complexity index is 515. The molecule has 0 bridgehead atoms. The van der Waals surface area contributed by atoms with E-state index in [0.29, 0.717) is 16.6 Å². The van der Waals surface area contributed by atoms with Crippen molar-refractivity contribution in [3.05, 3.63) is 28.8 Å². The van der Waals surface area contributed by atoms with E-state index >= 15 is 0 Å². The van der Waals surface area contributed by atoms with Crippen LogP contribution in [0.2, 0.25) is 5.02 Å². The summed E-state index contributed by atoms with van der Waals surface area (Å²) in [7, 11) is 0. The van der Waals surface area contributed by atoms with Crippen molar-refractivity contribution in [3.63, 3.8) is 0 Å². The topological polar surface area (TPSA) is 66.4 Å². The number of aromatic carboxylic acids is 1. The highest BCUT2D eigenvalue weighted by molar-refractivity contribution is 6.31. The zero-order valence-corrected chi connectivity index (χ0v) is 11.4. The molecule has 1 aromatic carbocycles. The van der Waals surface area contributed by atoms with Gasteiger partial charge in [-0.25, -0.2) is 4.79 Å². The van der Waals surface area contributed by atoms with Crippen LogP contribution in [0.1, 0.15) is 36.5 Å². The van der Waals surface area contributed by atoms with E-state index in [4.69, 9.17) is 16.7 Å². The average molecular weight is 282 g/mol. The maximum atomic E-state index is 12.1. The molecule has 1 aliphatic carbocycles. The Kier molecular flexibility index (Phi) is 4.10. The summed E-state index contributed by atoms with van der Waals surface area (Å²) in [6.45, 7) is 2.07. The highest BCUT2D eigenvalue weighted by atomic mass is 35.5. The van der Waals surface area contributed by atoms with Crippen LogP contribution in [0.5, 0.6) is 0 Å². The van der Waals surface area contributed by atoms with E-state index in [9.17, 15) is 9.59 Å². The van der Waals surface area contributed by atoms with Crippen molar-refractivity contribution < 1.29 is 14.7 Å². The molecule has 102 valence electrons. The second kappa shape index (κ2) is 5.61. The first kappa shape index (κ1) is 13.9. The predicted molar refractivity (Wildman–Crippen MR) is 73.5 cm³/mol. The van der Waals surface area contributed by atoms with Gasteiger partial charge in [-0.05, 0) is 37.0 Å². The number of benzene rings is 1. The lowest BCUT2D eigenvalue weighted by Gasteiger charge is -2.15. The van der Waals surface area contributed by atoms with Crippen molar-refractivity contribution >= 4 is 29.2 Å². The zero-order chi connectivity index (χ0) is 14.0. The van der Waals surface area contributed by atoms with Gasteiger partial charge in [-0.2, -0.15) is 0 Å². The summed E-state index contributed by atoms with van der Waals surface area (Å²) < 4.78 is 0. The molecule has 1 aliphatic rings. The van der Waals surface area contributed by atoms with Gasteiger partial charge in [-0.3, -0.25) is 4.79 Å². The average Bonchev–Trinajstić information content (AvgIpc) is 2.74. The molecule has 5 heteroatoms. The molecule has 0 spiro atoms. The molecule has 2 rings (SSSR count). The first-order valence-electron chi connectivity index (χ1n) is 6.32. The monoisotopic (exact) mass is 281 g/mol. The molecule has 2 unspecified atom stereocenters. The summed E-state index contributed by atoms with van der Waals surface area (Å²) in [6, 6.07) is 4.34. The van der Waals surface area contributed by atoms with Gasteiger partial charge in [0.15, 0.2) is 0 Å². The number of carbonyl (C=O) groups excluding carboxylic acids is 1. The van der Waals surface area contributed by atoms with Crippen molar-refractivity contribution in [1.29, 1.82) is 0 Å². The predicted octanol–water partition coefficient (Wildman–Crippen LogP) is 3.41. The summed E-state index contributed by atoms with van der Waals surface area (Å²) in [6.07, 6.45) is 3.02. The van der Waals surface area contributed by atoms with E-state index in [2.05, 4.69) is 12.2 Å². The van der Waals surface area contributed by atoms with Gasteiger partial charge in [-0.1, -0.05) is 24.9 Å². The largest absolute Gasteiger partial charge is 0.478 e. The number of anilines is 1. The fourth-order valence-electron chi connectivity index (χ4n) is 2.56. The maximum absolute atomic E-state index is 12.1. The molecule has 4 nitrogen and oxygen atoms in total. The van der Waals surface area contributed by atoms with Gasteiger partial charge < -0.3 is 10.4 Å². The Morgan fingerprint density at radius 1 is 1.32 bits per heavy atom. The van der Waals surface area contributed by atoms with Crippen LogP contribution in [-0.4, -0.2) is 17.0 Å². The lowest BCUT2D eigenvalue weighted by Crippen LogP contribution is -2.24. The number of carboxylic acids is 1. The molecule has 0 heterocycles. The summed E-state index contributed by atoms with van der Waals surface area (Å²) in [4.78, 5) is 23.0. The molecule has 1 amide bonds. The van der Waals surface area contributed by atoms with E-state index in [1.54, 1.807) is 6.07 Å². The zero-order valence-electron chi connectivity index (χ0n) is 10.6. The number of hydrogen-bond donors (Lipinski definition) is 2. The number of rotatable bonds is 3. The van der Waals surface area contributed by atoms with Crippen molar-refractivity contribution in [2.45, 2.75) is 26.2 Å². The van der Waals surface area contributed by atoms with Crippen LogP contribution in [-0.2, 0) is 4.79 Å². The summed E-state index contributed by atoms with van der Waals surface area (Å²) in [5.74, 6) is -0.735. The smallest absolute Gasteiger partial charge is 0.335 e. The molecule has 0 radical (unpaired) electrons. The van der Waals surface area contributed by atoms with E-state index in [1.807, 2.05) is 0 Å². The lowest BCUT2D eigenvalue weighted by atomic mass is 9.97. The van der Waals surface area contributed by atoms with Crippen LogP contribution in [0.3, 0.4) is 0 Å². The van der Waals surface area contributed by atoms with Gasteiger partial charge >= 0.3 is 5.97 Å². The molecule has 1 fully saturated rings. The van der Waals surface area contributed by atoms with Crippen LogP contribution in [0.15, 0.2) is 18.2 Å². The molecule has 19 heavy (non-hydrogen) atoms. The van der Waals surface area contributed by atoms with Crippen LogP contribution < -0.4 is 5.32 Å². The molecule has 2 atom stereocenters. The van der Waals surface area contributed by atoms with E-state index < -0.39 is 5.97 Å². The highest BCUT2D eigenvalue weighted by Crippen LogP contribution is 2.32. The molecule has 0 aromatic heterocycles. The van der Waals surface area contributed by atoms with Crippen LogP contribution in [0, 0.1) is 11.8 Å². The third-order valence-corrected chi connectivity index (χ3v) is 3.83. The third kappa shape index (κ3) is 3.26. The van der Waals surface area contributed by atoms with Crippen molar-refractivity contribution in [2.75, 3.05) is 5.32 Å². The van der Waals surface area contributed by atoms with E-state index in [-0.39, 0.29) is 17.4 Å². The quantitative estimate of drug-likeness (QED) is 0.892. The van der Waals surface area contributed by atoms with Gasteiger partial charge in [0.1, 0.15) is 0 Å². The van der Waals surface area contributed by atoms with Crippen molar-refractivity contribution in [1.82, 2.24) is 0 Å². The SMILES string of the molecule is CC1CCCC1C(=O)Nc1cc(Cl)cc(C(=O)O)c1. The molecule has 1 saturated carbocycles. The molecular weight excluding hydrogens is 266 g/mol. The number of amides is 1. The van der Waals surface area contributed by atoms with Crippen LogP contribution >= 0.6 is 11.6 Å². The minimum atomic E-state index is -1.06. The van der Waals surface area contributed by atoms with Gasteiger partial charge in [0.2, 0.25) is 5.91 Å². The number of carbonyl (C=O) groups is 2. The fourth-order valence-corrected chi connectivity index (χ4v) is 2.79. The van der Waals surface area contributed by atoms with Crippen molar-refractivity contribution in [3.8, 4) is 0 Å². The van der Waals surface area contributed by atoms with Gasteiger partial charge in [0.05, 0.1) is 5.56 Å². The second-order valence-electron chi connectivity index (χ2n) is 5.04. The number of carboxylic acid groups (broad SMARTS) is 1. The summed E-state index contributed by atoms with van der Waals surface area (Å²) in [5, 5.41) is 12.0. The third-order valence-electron chi connectivity index (χ3n) is 3.61. The normalized spacial score (nSPS) is 22.2. The first-order valence-corrected chi connectivity index (χ1v) is 6.70. The highest BCUT2D eigenvalue weighted by Gasteiger charge is 2.29. The molecule has 0 saturated heterocycles. The number of hydrogen-bond acceptors (Lipinski definition) is 2. The maximum Gasteiger partial charge on any atom is 0.335 e. The van der Waals surface area contributed by atoms with E-state index in [0.717, 1.165) is 19.3 Å². The number of nitrogens with one attached hydrogen (secondary N) is 1. The Morgan fingerprint density at radius 3 is 2.63 bits per heavy atom. The second-order valence-corrected chi connectivity index (χ2v) is 5.47. The Hall–Kier alpha value is -1.55.